The number of aliphatic imine (C=N–C) groups is 1. The number of rotatable bonds is 20. The normalized spacial score (nSPS) is 22.0. The Hall–Kier alpha value is -10.2. The molecule has 2 saturated heterocycles. The van der Waals surface area contributed by atoms with E-state index in [1.54, 1.807) is 49.2 Å². The van der Waals surface area contributed by atoms with E-state index in [-0.39, 0.29) is 87.0 Å². The fourth-order valence-electron chi connectivity index (χ4n) is 11.2. The maximum absolute atomic E-state index is 15.0. The van der Waals surface area contributed by atoms with Gasteiger partial charge in [0, 0.05) is 86.5 Å². The minimum atomic E-state index is -1.59. The number of carboxylic acids is 1. The second-order valence-electron chi connectivity index (χ2n) is 24.4. The smallest absolute Gasteiger partial charge is 0.303 e. The number of benzene rings is 3. The number of aromatic amines is 1. The molecule has 2 aromatic heterocycles. The number of hydrogen-bond acceptors (Lipinski definition) is 19. The van der Waals surface area contributed by atoms with Crippen molar-refractivity contribution in [1.29, 1.82) is 0 Å². The third-order valence-electron chi connectivity index (χ3n) is 16.5. The lowest BCUT2D eigenvalue weighted by molar-refractivity contribution is -0.138. The number of aromatic hydroxyl groups is 2. The summed E-state index contributed by atoms with van der Waals surface area (Å²) in [6, 6.07) is 8.36. The molecule has 7 rings (SSSR count). The maximum Gasteiger partial charge on any atom is 0.303 e. The van der Waals surface area contributed by atoms with Crippen molar-refractivity contribution >= 4 is 109 Å². The van der Waals surface area contributed by atoms with Crippen LogP contribution in [0.3, 0.4) is 0 Å². The minimum Gasteiger partial charge on any atom is -0.508 e. The Labute approximate surface area is 579 Å². The molecule has 0 spiro atoms. The van der Waals surface area contributed by atoms with Crippen molar-refractivity contribution in [3.8, 4) is 11.5 Å². The molecule has 0 bridgehead atoms. The van der Waals surface area contributed by atoms with Crippen molar-refractivity contribution < 1.29 is 68.1 Å². The summed E-state index contributed by atoms with van der Waals surface area (Å²) < 4.78 is 0. The first-order valence-electron chi connectivity index (χ1n) is 32.6. The molecule has 4 heterocycles. The minimum absolute atomic E-state index is 0.0194. The number of phenolic OH excluding ortho intramolecular Hbond substituents is 2. The van der Waals surface area contributed by atoms with E-state index in [4.69, 9.17) is 17.2 Å². The number of primary amides is 1. The summed E-state index contributed by atoms with van der Waals surface area (Å²) in [6.07, 6.45) is 5.24. The molecule has 5 aromatic rings. The first kappa shape index (κ1) is 76.2. The number of H-pyrrole nitrogens is 1. The van der Waals surface area contributed by atoms with Crippen LogP contribution in [0.1, 0.15) is 94.7 Å². The number of anilines is 1. The van der Waals surface area contributed by atoms with Gasteiger partial charge in [-0.3, -0.25) is 57.7 Å². The second kappa shape index (κ2) is 38.1. The Morgan fingerprint density at radius 1 is 0.707 bits per heavy atom. The number of guanidine groups is 1. The van der Waals surface area contributed by atoms with Crippen molar-refractivity contribution in [3.05, 3.63) is 114 Å². The zero-order valence-corrected chi connectivity index (χ0v) is 56.5. The molecular formula is C66H87N17O14S2. The molecule has 0 unspecified atom stereocenters. The topological polar surface area (TPSA) is 492 Å². The van der Waals surface area contributed by atoms with Crippen LogP contribution >= 0.6 is 21.6 Å². The number of hydrogen-bond donors (Lipinski definition) is 16. The summed E-state index contributed by atoms with van der Waals surface area (Å²) in [5.74, 6) is -10.6. The van der Waals surface area contributed by atoms with Crippen molar-refractivity contribution in [3.63, 3.8) is 0 Å². The van der Waals surface area contributed by atoms with E-state index in [0.29, 0.717) is 54.7 Å². The van der Waals surface area contributed by atoms with E-state index in [9.17, 15) is 63.3 Å². The molecule has 19 N–H and O–H groups in total. The highest BCUT2D eigenvalue weighted by atomic mass is 33.1. The zero-order chi connectivity index (χ0) is 71.5. The van der Waals surface area contributed by atoms with Gasteiger partial charge in [-0.25, -0.2) is 9.97 Å². The molecule has 532 valence electrons. The van der Waals surface area contributed by atoms with Gasteiger partial charge in [0.2, 0.25) is 59.1 Å². The number of aliphatic carboxylic acids is 1. The van der Waals surface area contributed by atoms with E-state index < -0.39 is 138 Å². The summed E-state index contributed by atoms with van der Waals surface area (Å²) in [5, 5.41) is 55.4. The van der Waals surface area contributed by atoms with Gasteiger partial charge in [-0.2, -0.15) is 0 Å². The van der Waals surface area contributed by atoms with Crippen LogP contribution in [-0.4, -0.2) is 187 Å². The monoisotopic (exact) mass is 1410 g/mol. The number of amides is 10. The summed E-state index contributed by atoms with van der Waals surface area (Å²) in [4.78, 5) is 173. The Morgan fingerprint density at radius 2 is 1.36 bits per heavy atom. The molecule has 9 atom stereocenters. The van der Waals surface area contributed by atoms with E-state index in [0.717, 1.165) is 32.5 Å². The number of fused-ring (bicyclic) bond motifs is 1. The highest BCUT2D eigenvalue weighted by molar-refractivity contribution is 8.76. The molecule has 10 amide bonds. The quantitative estimate of drug-likeness (QED) is 0.0212. The number of nitrogens with zero attached hydrogens (tertiary/aromatic N) is 4. The van der Waals surface area contributed by atoms with Gasteiger partial charge in [-0.05, 0) is 104 Å². The molecule has 0 saturated carbocycles. The molecule has 2 fully saturated rings. The molecule has 2 aliphatic heterocycles. The fraction of sp³-hybridized carbons (Fsp3) is 0.455. The van der Waals surface area contributed by atoms with Crippen molar-refractivity contribution in [1.82, 2.24) is 62.8 Å². The van der Waals surface area contributed by atoms with Crippen molar-refractivity contribution in [2.75, 3.05) is 36.0 Å². The number of nitrogens with one attached hydrogen (secondary N) is 10. The van der Waals surface area contributed by atoms with Crippen molar-refractivity contribution in [2.45, 2.75) is 152 Å². The average molecular weight is 1410 g/mol. The van der Waals surface area contributed by atoms with E-state index >= 15 is 4.79 Å². The number of aromatic nitrogens is 3. The van der Waals surface area contributed by atoms with Crippen LogP contribution in [0.4, 0.5) is 5.82 Å². The first-order chi connectivity index (χ1) is 47.4. The van der Waals surface area contributed by atoms with Crippen LogP contribution in [0.2, 0.25) is 0 Å². The number of carbonyl (C=O) groups is 11. The maximum atomic E-state index is 15.0. The lowest BCUT2D eigenvalue weighted by Crippen LogP contribution is -2.61. The molecule has 0 aliphatic carbocycles. The lowest BCUT2D eigenvalue weighted by atomic mass is 10.00. The van der Waals surface area contributed by atoms with Gasteiger partial charge >= 0.3 is 5.97 Å². The average Bonchev–Trinajstić information content (AvgIpc) is 1.82. The van der Waals surface area contributed by atoms with Gasteiger partial charge in [0.1, 0.15) is 78.0 Å². The molecule has 3 aromatic carbocycles. The van der Waals surface area contributed by atoms with E-state index in [1.807, 2.05) is 18.2 Å². The van der Waals surface area contributed by atoms with Crippen LogP contribution < -0.4 is 70.0 Å². The summed E-state index contributed by atoms with van der Waals surface area (Å²) >= 11 is 0. The predicted molar refractivity (Wildman–Crippen MR) is 371 cm³/mol. The fourth-order valence-corrected chi connectivity index (χ4v) is 13.5. The second-order valence-corrected chi connectivity index (χ2v) is 26.9. The molecule has 0 radical (unpaired) electrons. The SMILES string of the molecule is CC(C)[C@@H]1NC(=O)[C@@H](NC(=O)[C@H](Cc2ccc(O)cc2)NC(=O)[C@@H]2CCCN2c2ccncn2)CSSC[C@@H](C(N)=O)NC(=O)[C@H](CCC(=O)O)NC(=O)[C@H](Cc2c[nH]c3ccccc23)NC(=O)CCCCCNC(=O)[C@H](CCCN=C(N)N)NC(=O)[C@H](Cc2ccc(O)cc2)NC1=O. The summed E-state index contributed by atoms with van der Waals surface area (Å²) in [5.41, 5.74) is 19.4. The Kier molecular flexibility index (Phi) is 29.3. The number of para-hydroxylation sites is 1. The molecule has 31 nitrogen and oxygen atoms in total. The highest BCUT2D eigenvalue weighted by Gasteiger charge is 2.38. The highest BCUT2D eigenvalue weighted by Crippen LogP contribution is 2.27. The number of phenols is 2. The van der Waals surface area contributed by atoms with Gasteiger partial charge in [-0.15, -0.1) is 0 Å². The van der Waals surface area contributed by atoms with Gasteiger partial charge < -0.3 is 90.3 Å². The van der Waals surface area contributed by atoms with Gasteiger partial charge in [0.15, 0.2) is 5.96 Å². The van der Waals surface area contributed by atoms with E-state index in [1.165, 1.54) is 48.9 Å². The van der Waals surface area contributed by atoms with Crippen molar-refractivity contribution in [2.24, 2.45) is 28.1 Å². The lowest BCUT2D eigenvalue weighted by Gasteiger charge is -2.29. The number of nitrogens with two attached hydrogens (primary N) is 3. The van der Waals surface area contributed by atoms with Crippen LogP contribution in [-0.2, 0) is 72.0 Å². The van der Waals surface area contributed by atoms with Gasteiger partial charge in [-0.1, -0.05) is 84.3 Å². The summed E-state index contributed by atoms with van der Waals surface area (Å²) in [7, 11) is 1.84. The van der Waals surface area contributed by atoms with Crippen LogP contribution in [0.5, 0.6) is 11.5 Å². The molecule has 33 heteroatoms. The zero-order valence-electron chi connectivity index (χ0n) is 54.9. The third-order valence-corrected chi connectivity index (χ3v) is 18.9. The Morgan fingerprint density at radius 3 is 2.03 bits per heavy atom. The predicted octanol–water partition coefficient (Wildman–Crippen LogP) is 0.0757. The Balaban J connectivity index is 1.22. The van der Waals surface area contributed by atoms with Crippen LogP contribution in [0, 0.1) is 5.92 Å². The number of carboxylic acid groups (broad SMARTS) is 1. The van der Waals surface area contributed by atoms with Gasteiger partial charge in [0.25, 0.3) is 0 Å². The standard InChI is InChI=1S/C66H87N17O14S2/c1-37(2)56-65(97)79-48(31-39-17-21-42(85)22-18-39)60(92)76-45(12-8-27-72-66(68)69)58(90)71-26-7-3-4-14-54(86)75-49(32-40-33-73-44-11-6-5-10-43(40)44)62(94)77-46(23-24-55(87)88)59(91)80-50(57(67)89)34-98-99-35-51(63(95)82-56)81-61(93)47(30-38-15-19-41(84)20-16-38)78-64(96)52-13-9-29-83(52)53-25-28-70-36-74-53/h5-6,10-11,15-22,25,28,33,36-37,45-52,56,73,84-85H,3-4,7-9,12-14,23-24,26-27,29-32,34-35H2,1-2H3,(H2,67,89)(H,71,90)(H,75,86)(H,76,92)(H,77,94)(H,78,96)(H,79,97)(H,80,91)(H,81,93)(H,82,95)(H,87,88)(H4,68,69,72)/t45-,46-,47-,48-,49-,50-,51-,52-,56-/m0/s1. The van der Waals surface area contributed by atoms with Crippen LogP contribution in [0.15, 0.2) is 103 Å². The Bertz CT molecular complexity index is 3640. The molecular weight excluding hydrogens is 1320 g/mol. The van der Waals surface area contributed by atoms with Gasteiger partial charge in [0.05, 0.1) is 0 Å². The number of carbonyl (C=O) groups excluding carboxylic acids is 10. The largest absolute Gasteiger partial charge is 0.508 e. The summed E-state index contributed by atoms with van der Waals surface area (Å²) in [6.45, 7) is 3.87. The van der Waals surface area contributed by atoms with Crippen LogP contribution in [0.25, 0.3) is 10.9 Å². The first-order valence-corrected chi connectivity index (χ1v) is 35.1. The molecule has 99 heavy (non-hydrogen) atoms. The third kappa shape index (κ3) is 24.1. The van der Waals surface area contributed by atoms with E-state index in [2.05, 4.69) is 67.8 Å². The molecule has 2 aliphatic rings.